The standard InChI is InChI=1S/C8H15N5O/c1-4-8(2,3)11-6(14)5-10-7(9)13-12-5/h4H2,1-3H3,(H,11,14)(H3,9,10,12,13). The average molecular weight is 197 g/mol. The van der Waals surface area contributed by atoms with Crippen molar-refractivity contribution in [3.63, 3.8) is 0 Å². The molecule has 0 radical (unpaired) electrons. The van der Waals surface area contributed by atoms with Crippen molar-refractivity contribution in [2.75, 3.05) is 5.73 Å². The highest BCUT2D eigenvalue weighted by molar-refractivity contribution is 5.91. The third kappa shape index (κ3) is 2.45. The van der Waals surface area contributed by atoms with Gasteiger partial charge in [-0.3, -0.25) is 9.89 Å². The van der Waals surface area contributed by atoms with E-state index in [1.165, 1.54) is 0 Å². The van der Waals surface area contributed by atoms with Crippen LogP contribution in [-0.2, 0) is 0 Å². The molecular formula is C8H15N5O. The normalized spacial score (nSPS) is 11.4. The van der Waals surface area contributed by atoms with E-state index in [0.29, 0.717) is 0 Å². The fourth-order valence-corrected chi connectivity index (χ4v) is 0.831. The molecule has 0 saturated carbocycles. The van der Waals surface area contributed by atoms with Gasteiger partial charge in [-0.25, -0.2) is 0 Å². The SMILES string of the molecule is CCC(C)(C)NC(=O)c1nc(N)n[nH]1. The molecule has 14 heavy (non-hydrogen) atoms. The third-order valence-electron chi connectivity index (χ3n) is 2.05. The summed E-state index contributed by atoms with van der Waals surface area (Å²) in [6.45, 7) is 5.87. The number of hydrogen-bond acceptors (Lipinski definition) is 4. The number of carbonyl (C=O) groups excluding carboxylic acids is 1. The maximum atomic E-state index is 11.5. The first-order valence-corrected chi connectivity index (χ1v) is 4.45. The van der Waals surface area contributed by atoms with Gasteiger partial charge in [0.2, 0.25) is 11.8 Å². The van der Waals surface area contributed by atoms with Crippen molar-refractivity contribution in [2.45, 2.75) is 32.7 Å². The van der Waals surface area contributed by atoms with Crippen molar-refractivity contribution in [2.24, 2.45) is 0 Å². The molecule has 1 amide bonds. The van der Waals surface area contributed by atoms with Crippen molar-refractivity contribution in [1.29, 1.82) is 0 Å². The molecule has 78 valence electrons. The topological polar surface area (TPSA) is 96.7 Å². The number of carbonyl (C=O) groups is 1. The minimum Gasteiger partial charge on any atom is -0.366 e. The summed E-state index contributed by atoms with van der Waals surface area (Å²) in [5.41, 5.74) is 5.03. The van der Waals surface area contributed by atoms with Gasteiger partial charge in [-0.1, -0.05) is 6.92 Å². The van der Waals surface area contributed by atoms with Crippen LogP contribution >= 0.6 is 0 Å². The number of nitrogens with one attached hydrogen (secondary N) is 2. The summed E-state index contributed by atoms with van der Waals surface area (Å²) < 4.78 is 0. The molecule has 1 rings (SSSR count). The molecule has 1 aromatic rings. The minimum atomic E-state index is -0.291. The first-order chi connectivity index (χ1) is 6.44. The monoisotopic (exact) mass is 197 g/mol. The molecule has 6 nitrogen and oxygen atoms in total. The van der Waals surface area contributed by atoms with E-state index in [9.17, 15) is 4.79 Å². The predicted octanol–water partition coefficient (Wildman–Crippen LogP) is 0.305. The Morgan fingerprint density at radius 3 is 2.71 bits per heavy atom. The summed E-state index contributed by atoms with van der Waals surface area (Å²) in [6.07, 6.45) is 0.836. The summed E-state index contributed by atoms with van der Waals surface area (Å²) in [6, 6.07) is 0. The van der Waals surface area contributed by atoms with E-state index in [-0.39, 0.29) is 23.2 Å². The number of H-pyrrole nitrogens is 1. The van der Waals surface area contributed by atoms with Gasteiger partial charge in [0.05, 0.1) is 0 Å². The predicted molar refractivity (Wildman–Crippen MR) is 52.6 cm³/mol. The van der Waals surface area contributed by atoms with Crippen LogP contribution in [0.2, 0.25) is 0 Å². The molecule has 0 bridgehead atoms. The van der Waals surface area contributed by atoms with Gasteiger partial charge in [-0.15, -0.1) is 5.10 Å². The molecule has 0 unspecified atom stereocenters. The van der Waals surface area contributed by atoms with Crippen molar-refractivity contribution in [3.8, 4) is 0 Å². The molecule has 0 aliphatic heterocycles. The fraction of sp³-hybridized carbons (Fsp3) is 0.625. The quantitative estimate of drug-likeness (QED) is 0.649. The van der Waals surface area contributed by atoms with Gasteiger partial charge in [-0.2, -0.15) is 4.98 Å². The lowest BCUT2D eigenvalue weighted by Gasteiger charge is -2.23. The number of aromatic amines is 1. The van der Waals surface area contributed by atoms with Crippen LogP contribution in [0.5, 0.6) is 0 Å². The van der Waals surface area contributed by atoms with Gasteiger partial charge in [0, 0.05) is 5.54 Å². The second kappa shape index (κ2) is 3.65. The Balaban J connectivity index is 2.68. The Morgan fingerprint density at radius 1 is 1.64 bits per heavy atom. The molecular weight excluding hydrogens is 182 g/mol. The number of nitrogens with two attached hydrogens (primary N) is 1. The second-order valence-corrected chi connectivity index (χ2v) is 3.73. The first-order valence-electron chi connectivity index (χ1n) is 4.45. The molecule has 0 spiro atoms. The molecule has 0 aliphatic carbocycles. The highest BCUT2D eigenvalue weighted by Crippen LogP contribution is 2.07. The summed E-state index contributed by atoms with van der Waals surface area (Å²) in [7, 11) is 0. The lowest BCUT2D eigenvalue weighted by Crippen LogP contribution is -2.43. The van der Waals surface area contributed by atoms with Crippen molar-refractivity contribution in [1.82, 2.24) is 20.5 Å². The average Bonchev–Trinajstić information content (AvgIpc) is 2.51. The summed E-state index contributed by atoms with van der Waals surface area (Å²) in [4.78, 5) is 15.3. The zero-order valence-corrected chi connectivity index (χ0v) is 8.59. The first kappa shape index (κ1) is 10.5. The lowest BCUT2D eigenvalue weighted by molar-refractivity contribution is 0.0901. The minimum absolute atomic E-state index is 0.0736. The van der Waals surface area contributed by atoms with E-state index in [1.807, 2.05) is 20.8 Å². The summed E-state index contributed by atoms with van der Waals surface area (Å²) >= 11 is 0. The van der Waals surface area contributed by atoms with Gasteiger partial charge < -0.3 is 11.1 Å². The van der Waals surface area contributed by atoms with Crippen molar-refractivity contribution >= 4 is 11.9 Å². The molecule has 0 aromatic carbocycles. The maximum absolute atomic E-state index is 11.5. The summed E-state index contributed by atoms with van der Waals surface area (Å²) in [5.74, 6) is -0.0745. The van der Waals surface area contributed by atoms with Crippen molar-refractivity contribution in [3.05, 3.63) is 5.82 Å². The van der Waals surface area contributed by atoms with Gasteiger partial charge >= 0.3 is 0 Å². The largest absolute Gasteiger partial charge is 0.366 e. The van der Waals surface area contributed by atoms with Crippen LogP contribution in [-0.4, -0.2) is 26.6 Å². The Morgan fingerprint density at radius 2 is 2.29 bits per heavy atom. The summed E-state index contributed by atoms with van der Waals surface area (Å²) in [5, 5.41) is 8.84. The van der Waals surface area contributed by atoms with E-state index in [4.69, 9.17) is 5.73 Å². The molecule has 6 heteroatoms. The number of hydrogen-bond donors (Lipinski definition) is 3. The van der Waals surface area contributed by atoms with Crippen molar-refractivity contribution < 1.29 is 4.79 Å². The van der Waals surface area contributed by atoms with Crippen LogP contribution < -0.4 is 11.1 Å². The van der Waals surface area contributed by atoms with Crippen LogP contribution in [0, 0.1) is 0 Å². The molecule has 1 aromatic heterocycles. The molecule has 1 heterocycles. The van der Waals surface area contributed by atoms with E-state index >= 15 is 0 Å². The zero-order valence-electron chi connectivity index (χ0n) is 8.59. The molecule has 0 saturated heterocycles. The third-order valence-corrected chi connectivity index (χ3v) is 2.05. The highest BCUT2D eigenvalue weighted by atomic mass is 16.2. The number of rotatable bonds is 3. The van der Waals surface area contributed by atoms with E-state index < -0.39 is 0 Å². The van der Waals surface area contributed by atoms with Crippen LogP contribution in [0.1, 0.15) is 37.8 Å². The second-order valence-electron chi connectivity index (χ2n) is 3.73. The Bertz CT molecular complexity index is 330. The zero-order chi connectivity index (χ0) is 10.8. The number of anilines is 1. The molecule has 4 N–H and O–H groups in total. The molecule has 0 fully saturated rings. The Kier molecular flexibility index (Phi) is 2.73. The smallest absolute Gasteiger partial charge is 0.289 e. The number of aromatic nitrogens is 3. The van der Waals surface area contributed by atoms with Gasteiger partial charge in [-0.05, 0) is 20.3 Å². The molecule has 0 aliphatic rings. The lowest BCUT2D eigenvalue weighted by atomic mass is 10.0. The molecule has 0 atom stereocenters. The van der Waals surface area contributed by atoms with Gasteiger partial charge in [0.15, 0.2) is 0 Å². The highest BCUT2D eigenvalue weighted by Gasteiger charge is 2.20. The van der Waals surface area contributed by atoms with Crippen LogP contribution in [0.25, 0.3) is 0 Å². The van der Waals surface area contributed by atoms with Crippen LogP contribution in [0.15, 0.2) is 0 Å². The maximum Gasteiger partial charge on any atom is 0.289 e. The Hall–Kier alpha value is -1.59. The van der Waals surface area contributed by atoms with Crippen LogP contribution in [0.3, 0.4) is 0 Å². The van der Waals surface area contributed by atoms with Crippen LogP contribution in [0.4, 0.5) is 5.95 Å². The van der Waals surface area contributed by atoms with E-state index in [0.717, 1.165) is 6.42 Å². The van der Waals surface area contributed by atoms with Gasteiger partial charge in [0.25, 0.3) is 5.91 Å². The number of nitrogen functional groups attached to an aromatic ring is 1. The fourth-order valence-electron chi connectivity index (χ4n) is 0.831. The van der Waals surface area contributed by atoms with E-state index in [1.54, 1.807) is 0 Å². The number of amides is 1. The Labute approximate surface area is 82.3 Å². The van der Waals surface area contributed by atoms with Gasteiger partial charge in [0.1, 0.15) is 0 Å². The number of nitrogens with zero attached hydrogens (tertiary/aromatic N) is 2. The van der Waals surface area contributed by atoms with E-state index in [2.05, 4.69) is 20.5 Å².